The van der Waals surface area contributed by atoms with Gasteiger partial charge in [0.25, 0.3) is 0 Å². The minimum Gasteiger partial charge on any atom is -0.460 e. The highest BCUT2D eigenvalue weighted by Crippen LogP contribution is 2.58. The summed E-state index contributed by atoms with van der Waals surface area (Å²) < 4.78 is 10.8. The number of likely N-dealkylation sites (tertiary alicyclic amines) is 1. The van der Waals surface area contributed by atoms with Crippen LogP contribution >= 0.6 is 0 Å². The molecular formula is C18H23NO4. The number of piperidine rings is 1. The fourth-order valence-electron chi connectivity index (χ4n) is 3.13. The van der Waals surface area contributed by atoms with Crippen LogP contribution in [0, 0.1) is 11.3 Å². The van der Waals surface area contributed by atoms with E-state index in [0.717, 1.165) is 12.0 Å². The van der Waals surface area contributed by atoms with Gasteiger partial charge in [0.05, 0.1) is 5.41 Å². The summed E-state index contributed by atoms with van der Waals surface area (Å²) in [5.41, 5.74) is -0.0623. The van der Waals surface area contributed by atoms with E-state index in [0.29, 0.717) is 13.1 Å². The Morgan fingerprint density at radius 1 is 1.26 bits per heavy atom. The molecule has 23 heavy (non-hydrogen) atoms. The highest BCUT2D eigenvalue weighted by atomic mass is 16.6. The molecule has 3 rings (SSSR count). The first-order chi connectivity index (χ1) is 10.8. The van der Waals surface area contributed by atoms with Crippen LogP contribution in [0.4, 0.5) is 4.79 Å². The minimum atomic E-state index is -0.523. The molecule has 0 unspecified atom stereocenters. The SMILES string of the molecule is CC(C)(C)OC(=O)N1C[C@@H]2C[C@]2(C(=O)OCc2ccccc2)C1. The Hall–Kier alpha value is -2.04. The zero-order chi connectivity index (χ0) is 16.7. The van der Waals surface area contributed by atoms with Crippen molar-refractivity contribution in [2.24, 2.45) is 11.3 Å². The maximum atomic E-state index is 12.4. The van der Waals surface area contributed by atoms with Crippen LogP contribution in [0.3, 0.4) is 0 Å². The molecule has 0 bridgehead atoms. The van der Waals surface area contributed by atoms with Gasteiger partial charge in [-0.3, -0.25) is 4.79 Å². The van der Waals surface area contributed by atoms with Crippen molar-refractivity contribution in [3.8, 4) is 0 Å². The lowest BCUT2D eigenvalue weighted by Gasteiger charge is -2.26. The molecule has 0 spiro atoms. The molecule has 1 aromatic rings. The van der Waals surface area contributed by atoms with Crippen molar-refractivity contribution in [3.05, 3.63) is 35.9 Å². The fourth-order valence-corrected chi connectivity index (χ4v) is 3.13. The Morgan fingerprint density at radius 2 is 1.96 bits per heavy atom. The Bertz CT molecular complexity index is 607. The zero-order valence-corrected chi connectivity index (χ0v) is 13.9. The fraction of sp³-hybridized carbons (Fsp3) is 0.556. The highest BCUT2D eigenvalue weighted by molar-refractivity contribution is 5.83. The van der Waals surface area contributed by atoms with Crippen LogP contribution in [-0.2, 0) is 20.9 Å². The molecule has 0 N–H and O–H groups in total. The van der Waals surface area contributed by atoms with E-state index in [2.05, 4.69) is 0 Å². The lowest BCUT2D eigenvalue weighted by Crippen LogP contribution is -2.38. The molecule has 5 nitrogen and oxygen atoms in total. The largest absolute Gasteiger partial charge is 0.460 e. The summed E-state index contributed by atoms with van der Waals surface area (Å²) >= 11 is 0. The van der Waals surface area contributed by atoms with Gasteiger partial charge in [-0.15, -0.1) is 0 Å². The van der Waals surface area contributed by atoms with Gasteiger partial charge in [-0.1, -0.05) is 30.3 Å². The maximum absolute atomic E-state index is 12.4. The summed E-state index contributed by atoms with van der Waals surface area (Å²) in [6, 6.07) is 9.62. The lowest BCUT2D eigenvalue weighted by atomic mass is 10.1. The van der Waals surface area contributed by atoms with Crippen LogP contribution in [0.25, 0.3) is 0 Å². The average Bonchev–Trinajstić information content (AvgIpc) is 3.06. The summed E-state index contributed by atoms with van der Waals surface area (Å²) in [6.45, 7) is 6.78. The summed E-state index contributed by atoms with van der Waals surface area (Å²) in [5, 5.41) is 0. The molecule has 1 aliphatic carbocycles. The van der Waals surface area contributed by atoms with Crippen molar-refractivity contribution in [2.75, 3.05) is 13.1 Å². The van der Waals surface area contributed by atoms with E-state index < -0.39 is 11.0 Å². The number of amides is 1. The topological polar surface area (TPSA) is 55.8 Å². The molecule has 2 aliphatic rings. The van der Waals surface area contributed by atoms with Crippen molar-refractivity contribution in [2.45, 2.75) is 39.4 Å². The predicted molar refractivity (Wildman–Crippen MR) is 84.6 cm³/mol. The van der Waals surface area contributed by atoms with E-state index >= 15 is 0 Å². The van der Waals surface area contributed by atoms with E-state index in [-0.39, 0.29) is 24.6 Å². The number of hydrogen-bond donors (Lipinski definition) is 0. The monoisotopic (exact) mass is 317 g/mol. The van der Waals surface area contributed by atoms with Crippen LogP contribution in [0.2, 0.25) is 0 Å². The van der Waals surface area contributed by atoms with Crippen molar-refractivity contribution in [1.82, 2.24) is 4.90 Å². The van der Waals surface area contributed by atoms with Crippen molar-refractivity contribution >= 4 is 12.1 Å². The number of fused-ring (bicyclic) bond motifs is 1. The van der Waals surface area contributed by atoms with Gasteiger partial charge in [0.15, 0.2) is 0 Å². The van der Waals surface area contributed by atoms with Crippen molar-refractivity contribution in [3.63, 3.8) is 0 Å². The van der Waals surface area contributed by atoms with Crippen molar-refractivity contribution < 1.29 is 19.1 Å². The first-order valence-electron chi connectivity index (χ1n) is 7.99. The maximum Gasteiger partial charge on any atom is 0.410 e. The third kappa shape index (κ3) is 3.33. The van der Waals surface area contributed by atoms with Gasteiger partial charge >= 0.3 is 12.1 Å². The third-order valence-corrected chi connectivity index (χ3v) is 4.42. The molecular weight excluding hydrogens is 294 g/mol. The molecule has 0 radical (unpaired) electrons. The first kappa shape index (κ1) is 15.8. The van der Waals surface area contributed by atoms with Gasteiger partial charge in [0, 0.05) is 13.1 Å². The van der Waals surface area contributed by atoms with E-state index in [1.165, 1.54) is 0 Å². The molecule has 124 valence electrons. The van der Waals surface area contributed by atoms with E-state index in [1.807, 2.05) is 51.1 Å². The van der Waals surface area contributed by atoms with E-state index in [4.69, 9.17) is 9.47 Å². The number of esters is 1. The molecule has 1 saturated carbocycles. The number of rotatable bonds is 3. The second kappa shape index (κ2) is 5.55. The van der Waals surface area contributed by atoms with Crippen LogP contribution < -0.4 is 0 Å². The number of benzene rings is 1. The van der Waals surface area contributed by atoms with Crippen LogP contribution in [0.5, 0.6) is 0 Å². The summed E-state index contributed by atoms with van der Waals surface area (Å²) in [4.78, 5) is 26.2. The highest BCUT2D eigenvalue weighted by Gasteiger charge is 2.67. The summed E-state index contributed by atoms with van der Waals surface area (Å²) in [5.74, 6) is 0.00991. The number of carbonyl (C=O) groups is 2. The average molecular weight is 317 g/mol. The Labute approximate surface area is 136 Å². The number of carbonyl (C=O) groups excluding carboxylic acids is 2. The van der Waals surface area contributed by atoms with Crippen LogP contribution in [0.15, 0.2) is 30.3 Å². The molecule has 1 heterocycles. The van der Waals surface area contributed by atoms with Crippen LogP contribution in [0.1, 0.15) is 32.8 Å². The molecule has 5 heteroatoms. The van der Waals surface area contributed by atoms with E-state index in [1.54, 1.807) is 4.90 Å². The zero-order valence-electron chi connectivity index (χ0n) is 13.9. The molecule has 1 saturated heterocycles. The Balaban J connectivity index is 1.55. The minimum absolute atomic E-state index is 0.197. The number of hydrogen-bond acceptors (Lipinski definition) is 4. The molecule has 2 atom stereocenters. The van der Waals surface area contributed by atoms with Gasteiger partial charge in [-0.25, -0.2) is 4.79 Å². The number of nitrogens with zero attached hydrogens (tertiary/aromatic N) is 1. The first-order valence-corrected chi connectivity index (χ1v) is 7.99. The Kier molecular flexibility index (Phi) is 3.82. The molecule has 0 aromatic heterocycles. The van der Waals surface area contributed by atoms with Gasteiger partial charge in [-0.2, -0.15) is 0 Å². The standard InChI is InChI=1S/C18H23NO4/c1-17(2,3)23-16(21)19-10-14-9-18(14,12-19)15(20)22-11-13-7-5-4-6-8-13/h4-8,14H,9-12H2,1-3H3/t14-,18-/m0/s1. The molecule has 1 aliphatic heterocycles. The van der Waals surface area contributed by atoms with Gasteiger partial charge in [-0.05, 0) is 38.7 Å². The van der Waals surface area contributed by atoms with Gasteiger partial charge in [0.2, 0.25) is 0 Å². The Morgan fingerprint density at radius 3 is 2.61 bits per heavy atom. The smallest absolute Gasteiger partial charge is 0.410 e. The molecule has 1 aromatic carbocycles. The quantitative estimate of drug-likeness (QED) is 0.804. The second-order valence-electron chi connectivity index (χ2n) is 7.48. The van der Waals surface area contributed by atoms with Crippen molar-refractivity contribution in [1.29, 1.82) is 0 Å². The van der Waals surface area contributed by atoms with Gasteiger partial charge in [0.1, 0.15) is 12.2 Å². The van der Waals surface area contributed by atoms with E-state index in [9.17, 15) is 9.59 Å². The van der Waals surface area contributed by atoms with Crippen LogP contribution in [-0.4, -0.2) is 35.7 Å². The third-order valence-electron chi connectivity index (χ3n) is 4.42. The predicted octanol–water partition coefficient (Wildman–Crippen LogP) is 2.99. The lowest BCUT2D eigenvalue weighted by molar-refractivity contribution is -0.151. The summed E-state index contributed by atoms with van der Waals surface area (Å²) in [7, 11) is 0. The number of ether oxygens (including phenoxy) is 2. The molecule has 1 amide bonds. The summed E-state index contributed by atoms with van der Waals surface area (Å²) in [6.07, 6.45) is 0.458. The van der Waals surface area contributed by atoms with Gasteiger partial charge < -0.3 is 14.4 Å². The normalized spacial score (nSPS) is 25.7. The molecule has 2 fully saturated rings. The second-order valence-corrected chi connectivity index (χ2v) is 7.48.